The van der Waals surface area contributed by atoms with Crippen LogP contribution in [0.25, 0.3) is 0 Å². The number of nitrogens with two attached hydrogens (primary N) is 1. The summed E-state index contributed by atoms with van der Waals surface area (Å²) < 4.78 is 0. The first-order valence-corrected chi connectivity index (χ1v) is 8.62. The number of hydrogen-bond acceptors (Lipinski definition) is 6. The van der Waals surface area contributed by atoms with Crippen LogP contribution in [0.5, 0.6) is 5.75 Å². The number of carboxylic acids is 1. The molecule has 0 bridgehead atoms. The molecule has 8 nitrogen and oxygen atoms in total. The summed E-state index contributed by atoms with van der Waals surface area (Å²) in [4.78, 5) is 28.6. The molecule has 1 aliphatic heterocycles. The molecular formula is C20H20N4O4. The summed E-state index contributed by atoms with van der Waals surface area (Å²) in [5.74, 6) is -0.102. The largest absolute Gasteiger partial charge is 0.508 e. The van der Waals surface area contributed by atoms with Crippen molar-refractivity contribution in [3.05, 3.63) is 81.9 Å². The van der Waals surface area contributed by atoms with E-state index >= 15 is 0 Å². The van der Waals surface area contributed by atoms with Crippen LogP contribution < -0.4 is 16.6 Å². The molecule has 0 saturated carbocycles. The summed E-state index contributed by atoms with van der Waals surface area (Å²) >= 11 is 0. The molecule has 3 aromatic rings. The Morgan fingerprint density at radius 2 is 1.89 bits per heavy atom. The maximum atomic E-state index is 11.5. The van der Waals surface area contributed by atoms with Crippen LogP contribution in [0, 0.1) is 0 Å². The average Bonchev–Trinajstić information content (AvgIpc) is 2.69. The Bertz CT molecular complexity index is 1030. The minimum absolute atomic E-state index is 0.160. The van der Waals surface area contributed by atoms with Gasteiger partial charge in [0.25, 0.3) is 5.56 Å². The summed E-state index contributed by atoms with van der Waals surface area (Å²) in [6.07, 6.45) is 2.33. The SMILES string of the molecule is N[C@@H](Cc1ccc(O)cc1)C(=O)O.O=c1nc[nH]c2c1Cc1ccccc1N2. The van der Waals surface area contributed by atoms with Gasteiger partial charge in [0.2, 0.25) is 0 Å². The zero-order chi connectivity index (χ0) is 20.1. The maximum Gasteiger partial charge on any atom is 0.320 e. The van der Waals surface area contributed by atoms with Gasteiger partial charge < -0.3 is 26.2 Å². The van der Waals surface area contributed by atoms with Crippen molar-refractivity contribution in [3.63, 3.8) is 0 Å². The number of nitrogens with zero attached hydrogens (tertiary/aromatic N) is 1. The van der Waals surface area contributed by atoms with Crippen LogP contribution in [0.1, 0.15) is 16.7 Å². The molecule has 2 aromatic carbocycles. The summed E-state index contributed by atoms with van der Waals surface area (Å²) in [7, 11) is 0. The molecule has 8 heteroatoms. The number of phenolic OH excluding ortho intramolecular Hbond substituents is 1. The van der Waals surface area contributed by atoms with E-state index in [2.05, 4.69) is 15.3 Å². The van der Waals surface area contributed by atoms with Gasteiger partial charge in [-0.3, -0.25) is 9.59 Å². The second kappa shape index (κ2) is 8.36. The number of carbonyl (C=O) groups is 1. The molecule has 1 aromatic heterocycles. The normalized spacial score (nSPS) is 12.5. The molecule has 1 atom stereocenters. The number of hydrogen-bond donors (Lipinski definition) is 5. The van der Waals surface area contributed by atoms with Crippen LogP contribution in [0.15, 0.2) is 59.7 Å². The highest BCUT2D eigenvalue weighted by molar-refractivity contribution is 5.73. The number of nitrogens with one attached hydrogen (secondary N) is 2. The molecule has 144 valence electrons. The number of aromatic hydroxyl groups is 1. The third-order valence-corrected chi connectivity index (χ3v) is 4.30. The highest BCUT2D eigenvalue weighted by atomic mass is 16.4. The third kappa shape index (κ3) is 4.54. The maximum absolute atomic E-state index is 11.5. The van der Waals surface area contributed by atoms with Crippen LogP contribution >= 0.6 is 0 Å². The Balaban J connectivity index is 0.000000163. The van der Waals surface area contributed by atoms with Gasteiger partial charge in [-0.2, -0.15) is 4.98 Å². The Kier molecular flexibility index (Phi) is 5.71. The number of anilines is 2. The number of aromatic amines is 1. The Morgan fingerprint density at radius 1 is 1.18 bits per heavy atom. The second-order valence-electron chi connectivity index (χ2n) is 6.34. The first kappa shape index (κ1) is 19.1. The molecule has 1 aliphatic rings. The van der Waals surface area contributed by atoms with Crippen molar-refractivity contribution in [2.75, 3.05) is 5.32 Å². The van der Waals surface area contributed by atoms with Gasteiger partial charge in [-0.05, 0) is 35.7 Å². The van der Waals surface area contributed by atoms with Crippen molar-refractivity contribution in [3.8, 4) is 5.75 Å². The van der Waals surface area contributed by atoms with Crippen molar-refractivity contribution in [2.24, 2.45) is 5.73 Å². The van der Waals surface area contributed by atoms with Crippen molar-refractivity contribution < 1.29 is 15.0 Å². The average molecular weight is 380 g/mol. The molecule has 6 N–H and O–H groups in total. The first-order valence-electron chi connectivity index (χ1n) is 8.62. The summed E-state index contributed by atoms with van der Waals surface area (Å²) in [5, 5.41) is 20.7. The van der Waals surface area contributed by atoms with E-state index in [-0.39, 0.29) is 17.7 Å². The van der Waals surface area contributed by atoms with E-state index in [0.717, 1.165) is 22.6 Å². The van der Waals surface area contributed by atoms with Gasteiger partial charge in [-0.15, -0.1) is 0 Å². The van der Waals surface area contributed by atoms with Gasteiger partial charge in [-0.1, -0.05) is 30.3 Å². The number of aliphatic carboxylic acids is 1. The molecule has 4 rings (SSSR count). The van der Waals surface area contributed by atoms with Gasteiger partial charge in [0.15, 0.2) is 0 Å². The van der Waals surface area contributed by atoms with E-state index < -0.39 is 12.0 Å². The molecule has 0 saturated heterocycles. The van der Waals surface area contributed by atoms with Crippen LogP contribution in [0.3, 0.4) is 0 Å². The molecule has 0 unspecified atom stereocenters. The predicted molar refractivity (Wildman–Crippen MR) is 105 cm³/mol. The van der Waals surface area contributed by atoms with Crippen molar-refractivity contribution >= 4 is 17.5 Å². The van der Waals surface area contributed by atoms with Gasteiger partial charge in [0.1, 0.15) is 17.6 Å². The standard InChI is InChI=1S/C11H9N3O.C9H11NO3/c15-11-8-5-7-3-1-2-4-9(7)14-10(8)12-6-13-11;10-8(9(12)13)5-6-1-3-7(11)4-2-6/h1-4,6H,5H2,(H2,12,13,14,15);1-4,8,11H,5,10H2,(H,12,13)/t;8-/m.0/s1. The smallest absolute Gasteiger partial charge is 0.320 e. The fourth-order valence-electron chi connectivity index (χ4n) is 2.80. The summed E-state index contributed by atoms with van der Waals surface area (Å²) in [6, 6.07) is 13.4. The number of aromatic nitrogens is 2. The molecule has 0 spiro atoms. The van der Waals surface area contributed by atoms with Gasteiger partial charge in [0, 0.05) is 12.1 Å². The second-order valence-corrected chi connectivity index (χ2v) is 6.34. The summed E-state index contributed by atoms with van der Waals surface area (Å²) in [6.45, 7) is 0. The van der Waals surface area contributed by atoms with Crippen molar-refractivity contribution in [1.29, 1.82) is 0 Å². The number of fused-ring (bicyclic) bond motifs is 2. The van der Waals surface area contributed by atoms with Crippen LogP contribution in [0.4, 0.5) is 11.5 Å². The number of para-hydroxylation sites is 1. The zero-order valence-electron chi connectivity index (χ0n) is 14.9. The highest BCUT2D eigenvalue weighted by Crippen LogP contribution is 2.28. The lowest BCUT2D eigenvalue weighted by Gasteiger charge is -2.19. The fraction of sp³-hybridized carbons (Fsp3) is 0.150. The topological polar surface area (TPSA) is 141 Å². The number of benzene rings is 2. The van der Waals surface area contributed by atoms with Crippen molar-refractivity contribution in [1.82, 2.24) is 9.97 Å². The van der Waals surface area contributed by atoms with E-state index in [4.69, 9.17) is 15.9 Å². The molecule has 0 fully saturated rings. The monoisotopic (exact) mass is 380 g/mol. The van der Waals surface area contributed by atoms with Crippen LogP contribution in [-0.2, 0) is 17.6 Å². The van der Waals surface area contributed by atoms with E-state index in [1.54, 1.807) is 12.1 Å². The number of phenols is 1. The van der Waals surface area contributed by atoms with Crippen LogP contribution in [-0.4, -0.2) is 32.2 Å². The molecule has 2 heterocycles. The molecule has 0 amide bonds. The Hall–Kier alpha value is -3.65. The lowest BCUT2D eigenvalue weighted by Crippen LogP contribution is -2.32. The first-order chi connectivity index (χ1) is 13.4. The zero-order valence-corrected chi connectivity index (χ0v) is 14.9. The lowest BCUT2D eigenvalue weighted by atomic mass is 10.0. The molecule has 0 radical (unpaired) electrons. The third-order valence-electron chi connectivity index (χ3n) is 4.30. The molecule has 28 heavy (non-hydrogen) atoms. The Morgan fingerprint density at radius 3 is 2.61 bits per heavy atom. The number of rotatable bonds is 3. The van der Waals surface area contributed by atoms with Crippen molar-refractivity contribution in [2.45, 2.75) is 18.9 Å². The summed E-state index contributed by atoms with van der Waals surface area (Å²) in [5.41, 5.74) is 8.84. The van der Waals surface area contributed by atoms with E-state index in [0.29, 0.717) is 12.0 Å². The van der Waals surface area contributed by atoms with E-state index in [1.165, 1.54) is 18.5 Å². The van der Waals surface area contributed by atoms with Gasteiger partial charge in [-0.25, -0.2) is 0 Å². The minimum atomic E-state index is -1.02. The van der Waals surface area contributed by atoms with Gasteiger partial charge in [0.05, 0.1) is 11.9 Å². The van der Waals surface area contributed by atoms with Gasteiger partial charge >= 0.3 is 5.97 Å². The van der Waals surface area contributed by atoms with E-state index in [9.17, 15) is 9.59 Å². The lowest BCUT2D eigenvalue weighted by molar-refractivity contribution is -0.138. The van der Waals surface area contributed by atoms with Crippen LogP contribution in [0.2, 0.25) is 0 Å². The Labute approximate surface area is 160 Å². The number of H-pyrrole nitrogens is 1. The minimum Gasteiger partial charge on any atom is -0.508 e. The fourth-order valence-corrected chi connectivity index (χ4v) is 2.80. The highest BCUT2D eigenvalue weighted by Gasteiger charge is 2.17. The van der Waals surface area contributed by atoms with E-state index in [1.807, 2.05) is 24.3 Å². The molecular weight excluding hydrogens is 360 g/mol. The molecule has 0 aliphatic carbocycles. The number of carboxylic acid groups (broad SMARTS) is 1. The predicted octanol–water partition coefficient (Wildman–Crippen LogP) is 1.76. The quantitative estimate of drug-likeness (QED) is 0.365.